The average Bonchev–Trinajstić information content (AvgIpc) is 3.23. The molecule has 0 atom stereocenters. The number of alkyl halides is 51. The summed E-state index contributed by atoms with van der Waals surface area (Å²) in [5.74, 6) is -188. The molecule has 0 aromatic rings. The van der Waals surface area contributed by atoms with Crippen molar-refractivity contribution in [2.75, 3.05) is 0 Å². The van der Waals surface area contributed by atoms with Crippen LogP contribution in [0.4, 0.5) is 224 Å². The van der Waals surface area contributed by atoms with Crippen molar-refractivity contribution in [1.82, 2.24) is 0 Å². The Labute approximate surface area is 424 Å². The van der Waals surface area contributed by atoms with Crippen LogP contribution in [0.5, 0.6) is 0 Å². The van der Waals surface area contributed by atoms with Crippen LogP contribution in [-0.2, 0) is 29.5 Å². The van der Waals surface area contributed by atoms with Crippen LogP contribution in [0.15, 0.2) is 0 Å². The molecule has 0 rings (SSSR count). The van der Waals surface area contributed by atoms with Crippen LogP contribution in [0.3, 0.4) is 0 Å². The minimum atomic E-state index is -12.6. The highest BCUT2D eigenvalue weighted by Crippen LogP contribution is 2.71. The zero-order valence-corrected chi connectivity index (χ0v) is 37.9. The molecule has 0 spiro atoms. The summed E-state index contributed by atoms with van der Waals surface area (Å²) in [6.07, 6.45) is -26.6. The highest BCUT2D eigenvalue weighted by molar-refractivity contribution is 8.29. The van der Waals surface area contributed by atoms with Gasteiger partial charge in [0.25, 0.3) is 0 Å². The molecule has 0 unspecified atom stereocenters. The van der Waals surface area contributed by atoms with Crippen molar-refractivity contribution in [3.63, 3.8) is 0 Å². The molecule has 0 aliphatic heterocycles. The molecule has 0 aromatic heterocycles. The van der Waals surface area contributed by atoms with Gasteiger partial charge in [-0.2, -0.15) is 224 Å². The van der Waals surface area contributed by atoms with Gasteiger partial charge in [-0.25, -0.2) is 0 Å². The molecule has 85 heavy (non-hydrogen) atoms. The van der Waals surface area contributed by atoms with Crippen LogP contribution in [0, 0.1) is 3.91 Å². The molecule has 0 saturated carbocycles. The minimum Gasteiger partial charge on any atom is -0.254 e. The Bertz CT molecular complexity index is 2540. The maximum atomic E-state index is 15.1. The average molecular weight is 1460 g/mol. The molecule has 512 valence electrons. The predicted molar refractivity (Wildman–Crippen MR) is 152 cm³/mol. The predicted octanol–water partition coefficient (Wildman–Crippen LogP) is 14.6. The SMILES string of the molecule is O=S(=O)([C-](S(=O)(=O)C(F)(F)C(F)(F)C(F)(F)C(F)(F)C(F)(F)C(F)(F)C(F)(F)C(F)(F)F)S(=O)(=O)C(F)(F)C(F)(F)C(F)(F)C(F)(F)C(F)(F)C(F)(F)C(F)(F)C(F)(F)F)C(F)(F)C(F)(F)C(F)(F)C(F)(F)C(F)(F)C(F)(F)C(F)(F)C(F)(F)F. The first-order chi connectivity index (χ1) is 35.4. The van der Waals surface area contributed by atoms with Crippen molar-refractivity contribution in [3.8, 4) is 0 Å². The summed E-state index contributed by atoms with van der Waals surface area (Å²) in [5, 5.41) is -33.6. The third kappa shape index (κ3) is 9.28. The number of sulfone groups is 3. The van der Waals surface area contributed by atoms with Gasteiger partial charge in [0.05, 0.1) is 3.91 Å². The first-order valence-electron chi connectivity index (χ1n) is 17.1. The molecule has 0 radical (unpaired) electrons. The zero-order chi connectivity index (χ0) is 71.1. The Hall–Kier alpha value is -3.72. The van der Waals surface area contributed by atoms with Crippen molar-refractivity contribution in [2.45, 2.75) is 141 Å². The van der Waals surface area contributed by atoms with E-state index in [1.165, 1.54) is 0 Å². The van der Waals surface area contributed by atoms with Crippen molar-refractivity contribution in [1.29, 1.82) is 0 Å². The number of hydrogen-bond acceptors (Lipinski definition) is 6. The van der Waals surface area contributed by atoms with Gasteiger partial charge in [0.1, 0.15) is 29.5 Å². The third-order valence-electron chi connectivity index (χ3n) is 9.75. The lowest BCUT2D eigenvalue weighted by Gasteiger charge is -2.47. The molecule has 0 aliphatic carbocycles. The Morgan fingerprint density at radius 2 is 0.224 bits per heavy atom. The molecule has 0 N–H and O–H groups in total. The van der Waals surface area contributed by atoms with Crippen molar-refractivity contribution >= 4 is 29.5 Å². The van der Waals surface area contributed by atoms with Gasteiger partial charge >= 0.3 is 141 Å². The first kappa shape index (κ1) is 81.3. The largest absolute Gasteiger partial charge is 0.460 e. The van der Waals surface area contributed by atoms with Gasteiger partial charge in [-0.3, -0.25) is 25.3 Å². The maximum absolute atomic E-state index is 15.1. The summed E-state index contributed by atoms with van der Waals surface area (Å²) < 4.78 is 770. The molecule has 0 aromatic carbocycles. The molecule has 0 bridgehead atoms. The quantitative estimate of drug-likeness (QED) is 0.0705. The number of rotatable bonds is 24. The summed E-state index contributed by atoms with van der Waals surface area (Å²) in [6.45, 7) is 0. The van der Waals surface area contributed by atoms with Crippen LogP contribution in [0.2, 0.25) is 0 Å². The van der Waals surface area contributed by atoms with Gasteiger partial charge in [-0.1, -0.05) is 0 Å². The fraction of sp³-hybridized carbons (Fsp3) is 0.960. The molecule has 0 fully saturated rings. The lowest BCUT2D eigenvalue weighted by atomic mass is 9.91. The number of halogens is 51. The summed E-state index contributed by atoms with van der Waals surface area (Å²) in [7, 11) is -37.7. The van der Waals surface area contributed by atoms with Gasteiger partial charge in [0, 0.05) is 0 Å². The maximum Gasteiger partial charge on any atom is 0.460 e. The first-order valence-corrected chi connectivity index (χ1v) is 21.6. The lowest BCUT2D eigenvalue weighted by molar-refractivity contribution is -0.458. The van der Waals surface area contributed by atoms with Crippen molar-refractivity contribution in [3.05, 3.63) is 3.91 Å². The van der Waals surface area contributed by atoms with E-state index >= 15 is 26.3 Å². The van der Waals surface area contributed by atoms with E-state index in [-0.39, 0.29) is 0 Å². The topological polar surface area (TPSA) is 102 Å². The van der Waals surface area contributed by atoms with Gasteiger partial charge in [0.2, 0.25) is 0 Å². The lowest BCUT2D eigenvalue weighted by Crippen LogP contribution is -2.76. The monoisotopic (exact) mass is 1460 g/mol. The van der Waals surface area contributed by atoms with Gasteiger partial charge in [-0.15, -0.1) is 0 Å². The van der Waals surface area contributed by atoms with Crippen LogP contribution in [0.25, 0.3) is 0 Å². The summed E-state index contributed by atoms with van der Waals surface area (Å²) in [6, 6.07) is 0. The zero-order valence-electron chi connectivity index (χ0n) is 35.5. The van der Waals surface area contributed by atoms with E-state index in [0.717, 1.165) is 0 Å². The van der Waals surface area contributed by atoms with Crippen molar-refractivity contribution in [2.24, 2.45) is 0 Å². The third-order valence-corrected chi connectivity index (χ3v) is 17.8. The molecular weight excluding hydrogens is 1460 g/mol. The normalized spacial score (nSPS) is 17.5. The van der Waals surface area contributed by atoms with Gasteiger partial charge in [-0.05, 0) is 0 Å². The highest BCUT2D eigenvalue weighted by atomic mass is 32.3. The smallest absolute Gasteiger partial charge is 0.254 e. The summed E-state index contributed by atoms with van der Waals surface area (Å²) in [4.78, 5) is 0. The molecule has 0 aliphatic rings. The Morgan fingerprint density at radius 1 is 0.141 bits per heavy atom. The fourth-order valence-electron chi connectivity index (χ4n) is 4.70. The molecule has 0 saturated heterocycles. The Kier molecular flexibility index (Phi) is 18.5. The molecule has 60 heteroatoms. The molecule has 6 nitrogen and oxygen atoms in total. The standard InChI is InChI=1S/C25F51O6S3/c26-2(27,8(38,39)14(50,51)20(62,63)64)5(32,33)11(44,45)17(56,57)23(71,72)83(77,78)1(84(79,80)24(73,74)18(58,59)12(46,47)6(34,35)3(28,29)9(40,41)15(52,53)21(65,66)67)85(81,82)25(75,76)19(60,61)13(48,49)7(36,37)4(30,31)10(42,43)16(54,55)22(68,69)70/q-1. The van der Waals surface area contributed by atoms with E-state index in [1.807, 2.05) is 0 Å². The van der Waals surface area contributed by atoms with Crippen LogP contribution in [0.1, 0.15) is 0 Å². The number of hydrogen-bond donors (Lipinski definition) is 0. The Balaban J connectivity index is 10.0. The fourth-order valence-corrected chi connectivity index (χ4v) is 12.1. The summed E-state index contributed by atoms with van der Waals surface area (Å²) in [5.41, 5.74) is 0. The second-order valence-corrected chi connectivity index (χ2v) is 21.7. The van der Waals surface area contributed by atoms with Crippen molar-refractivity contribution < 1.29 is 249 Å². The van der Waals surface area contributed by atoms with Gasteiger partial charge in [0.15, 0.2) is 0 Å². The van der Waals surface area contributed by atoms with Gasteiger partial charge < -0.3 is 0 Å². The molecule has 0 heterocycles. The van der Waals surface area contributed by atoms with E-state index in [9.17, 15) is 223 Å². The van der Waals surface area contributed by atoms with E-state index in [4.69, 9.17) is 0 Å². The second-order valence-electron chi connectivity index (χ2n) is 15.1. The van der Waals surface area contributed by atoms with E-state index in [2.05, 4.69) is 0 Å². The minimum absolute atomic E-state index is 8.59. The van der Waals surface area contributed by atoms with Crippen LogP contribution >= 0.6 is 0 Å². The van der Waals surface area contributed by atoms with Crippen LogP contribution < -0.4 is 0 Å². The molecular formula is C25F51O6S3-. The van der Waals surface area contributed by atoms with E-state index < -0.39 is 174 Å². The second kappa shape index (κ2) is 19.4. The highest BCUT2D eigenvalue weighted by Gasteiger charge is 3.00. The summed E-state index contributed by atoms with van der Waals surface area (Å²) >= 11 is 0. The van der Waals surface area contributed by atoms with E-state index in [0.29, 0.717) is 0 Å². The molecule has 0 amide bonds. The Morgan fingerprint density at radius 3 is 0.318 bits per heavy atom. The van der Waals surface area contributed by atoms with E-state index in [1.54, 1.807) is 0 Å². The van der Waals surface area contributed by atoms with Crippen LogP contribution in [-0.4, -0.2) is 166 Å².